The fourth-order valence-corrected chi connectivity index (χ4v) is 6.50. The molecule has 0 bridgehead atoms. The molecule has 1 amide bonds. The molecule has 29 heavy (non-hydrogen) atoms. The summed E-state index contributed by atoms with van der Waals surface area (Å²) in [5, 5.41) is 3.76. The van der Waals surface area contributed by atoms with Crippen molar-refractivity contribution in [3.05, 3.63) is 39.7 Å². The van der Waals surface area contributed by atoms with Crippen LogP contribution in [0.2, 0.25) is 0 Å². The third-order valence-corrected chi connectivity index (χ3v) is 8.43. The molecular weight excluding hydrogens is 458 g/mol. The van der Waals surface area contributed by atoms with E-state index in [1.807, 2.05) is 17.0 Å². The third kappa shape index (κ3) is 3.75. The maximum absolute atomic E-state index is 13.2. The van der Waals surface area contributed by atoms with E-state index >= 15 is 0 Å². The van der Waals surface area contributed by atoms with E-state index < -0.39 is 10.0 Å². The van der Waals surface area contributed by atoms with Crippen molar-refractivity contribution < 1.29 is 17.7 Å². The number of rotatable bonds is 3. The predicted octanol–water partition coefficient (Wildman–Crippen LogP) is 3.43. The number of halogens is 1. The highest BCUT2D eigenvalue weighted by molar-refractivity contribution is 9.10. The van der Waals surface area contributed by atoms with E-state index in [0.717, 1.165) is 23.0 Å². The maximum Gasteiger partial charge on any atom is 0.248 e. The van der Waals surface area contributed by atoms with Gasteiger partial charge < -0.3 is 9.42 Å². The molecule has 0 aliphatic carbocycles. The van der Waals surface area contributed by atoms with Gasteiger partial charge in [-0.15, -0.1) is 0 Å². The van der Waals surface area contributed by atoms with Crippen LogP contribution in [0.5, 0.6) is 0 Å². The lowest BCUT2D eigenvalue weighted by molar-refractivity contribution is -0.123. The van der Waals surface area contributed by atoms with E-state index in [1.54, 1.807) is 13.8 Å². The maximum atomic E-state index is 13.2. The summed E-state index contributed by atoms with van der Waals surface area (Å²) in [6.07, 6.45) is 2.94. The van der Waals surface area contributed by atoms with E-state index in [4.69, 9.17) is 4.52 Å². The van der Waals surface area contributed by atoms with Crippen LogP contribution >= 0.6 is 15.9 Å². The number of fused-ring (bicyclic) bond motifs is 1. The van der Waals surface area contributed by atoms with Gasteiger partial charge in [-0.3, -0.25) is 4.79 Å². The van der Waals surface area contributed by atoms with Gasteiger partial charge >= 0.3 is 0 Å². The van der Waals surface area contributed by atoms with E-state index in [-0.39, 0.29) is 16.7 Å². The number of aromatic nitrogens is 1. The third-order valence-electron chi connectivity index (χ3n) is 5.80. The van der Waals surface area contributed by atoms with E-state index in [2.05, 4.69) is 27.2 Å². The molecule has 0 spiro atoms. The summed E-state index contributed by atoms with van der Waals surface area (Å²) >= 11 is 3.50. The van der Waals surface area contributed by atoms with Gasteiger partial charge in [0.2, 0.25) is 15.9 Å². The number of hydrogen-bond donors (Lipinski definition) is 0. The Bertz CT molecular complexity index is 1020. The summed E-state index contributed by atoms with van der Waals surface area (Å²) in [5.41, 5.74) is 2.53. The van der Waals surface area contributed by atoms with Crippen molar-refractivity contribution in [2.24, 2.45) is 5.92 Å². The molecule has 1 saturated heterocycles. The molecule has 0 unspecified atom stereocenters. The fraction of sp³-hybridized carbons (Fsp3) is 0.500. The average Bonchev–Trinajstić information content (AvgIpc) is 3.05. The number of sulfonamides is 1. The second-order valence-corrected chi connectivity index (χ2v) is 10.5. The molecule has 2 aliphatic heterocycles. The molecule has 2 aromatic rings. The monoisotopic (exact) mass is 481 g/mol. The van der Waals surface area contributed by atoms with Crippen molar-refractivity contribution in [3.8, 4) is 0 Å². The van der Waals surface area contributed by atoms with Crippen molar-refractivity contribution in [1.82, 2.24) is 9.46 Å². The van der Waals surface area contributed by atoms with Gasteiger partial charge in [-0.25, -0.2) is 8.42 Å². The zero-order chi connectivity index (χ0) is 20.8. The molecule has 2 aliphatic rings. The topological polar surface area (TPSA) is 83.7 Å². The zero-order valence-electron chi connectivity index (χ0n) is 16.5. The lowest BCUT2D eigenvalue weighted by Crippen LogP contribution is -2.45. The molecule has 7 nitrogen and oxygen atoms in total. The number of hydrogen-bond acceptors (Lipinski definition) is 5. The Morgan fingerprint density at radius 3 is 2.59 bits per heavy atom. The smallest absolute Gasteiger partial charge is 0.248 e. The van der Waals surface area contributed by atoms with Crippen LogP contribution in [0.4, 0.5) is 5.69 Å². The first kappa shape index (κ1) is 20.6. The summed E-state index contributed by atoms with van der Waals surface area (Å²) in [5.74, 6) is 0.236. The summed E-state index contributed by atoms with van der Waals surface area (Å²) in [7, 11) is -3.66. The number of aryl methyl sites for hydroxylation is 3. The number of benzene rings is 1. The van der Waals surface area contributed by atoms with Crippen LogP contribution in [0.1, 0.15) is 36.3 Å². The quantitative estimate of drug-likeness (QED) is 0.670. The summed E-state index contributed by atoms with van der Waals surface area (Å²) in [4.78, 5) is 15.2. The van der Waals surface area contributed by atoms with Gasteiger partial charge in [0.25, 0.3) is 0 Å². The van der Waals surface area contributed by atoms with E-state index in [9.17, 15) is 13.2 Å². The Kier molecular flexibility index (Phi) is 5.56. The zero-order valence-corrected chi connectivity index (χ0v) is 18.9. The van der Waals surface area contributed by atoms with E-state index in [0.29, 0.717) is 43.9 Å². The minimum absolute atomic E-state index is 0.0997. The second kappa shape index (κ2) is 7.85. The lowest BCUT2D eigenvalue weighted by atomic mass is 9.94. The highest BCUT2D eigenvalue weighted by Gasteiger charge is 2.37. The van der Waals surface area contributed by atoms with Crippen LogP contribution in [-0.2, 0) is 21.2 Å². The second-order valence-electron chi connectivity index (χ2n) is 7.70. The highest BCUT2D eigenvalue weighted by atomic mass is 79.9. The van der Waals surface area contributed by atoms with Crippen molar-refractivity contribution in [3.63, 3.8) is 0 Å². The van der Waals surface area contributed by atoms with Crippen LogP contribution in [0, 0.1) is 19.8 Å². The number of carbonyl (C=O) groups excluding carboxylic acids is 1. The van der Waals surface area contributed by atoms with Crippen molar-refractivity contribution in [2.45, 2.75) is 44.4 Å². The van der Waals surface area contributed by atoms with Gasteiger partial charge in [0.15, 0.2) is 5.76 Å². The molecule has 9 heteroatoms. The Morgan fingerprint density at radius 2 is 1.93 bits per heavy atom. The Balaban J connectivity index is 1.48. The van der Waals surface area contributed by atoms with Crippen LogP contribution in [0.25, 0.3) is 0 Å². The largest absolute Gasteiger partial charge is 0.360 e. The summed E-state index contributed by atoms with van der Waals surface area (Å²) in [6, 6.07) is 6.03. The normalized spacial score (nSPS) is 18.7. The molecule has 4 rings (SSSR count). The van der Waals surface area contributed by atoms with Gasteiger partial charge in [-0.05, 0) is 63.3 Å². The van der Waals surface area contributed by atoms with Gasteiger partial charge in [0.1, 0.15) is 10.6 Å². The first-order valence-electron chi connectivity index (χ1n) is 9.82. The predicted molar refractivity (Wildman–Crippen MR) is 112 cm³/mol. The van der Waals surface area contributed by atoms with Crippen LogP contribution in [0.15, 0.2) is 32.1 Å². The van der Waals surface area contributed by atoms with Crippen molar-refractivity contribution in [1.29, 1.82) is 0 Å². The van der Waals surface area contributed by atoms with E-state index in [1.165, 1.54) is 9.87 Å². The standard InChI is InChI=1S/C20H24BrN3O4S/c1-13-19(14(2)28-22-13)29(26,27)23-10-7-15(8-11-23)20(25)24-9-3-4-16-12-17(21)5-6-18(16)24/h5-6,12,15H,3-4,7-11H2,1-2H3. The van der Waals surface area contributed by atoms with Crippen LogP contribution in [-0.4, -0.2) is 43.4 Å². The van der Waals surface area contributed by atoms with Crippen molar-refractivity contribution in [2.75, 3.05) is 24.5 Å². The van der Waals surface area contributed by atoms with Crippen LogP contribution in [0.3, 0.4) is 0 Å². The molecule has 156 valence electrons. The average molecular weight is 482 g/mol. The molecule has 0 radical (unpaired) electrons. The Labute approximate surface area is 179 Å². The number of carbonyl (C=O) groups is 1. The molecule has 1 fully saturated rings. The molecule has 1 aromatic carbocycles. The van der Waals surface area contributed by atoms with Crippen molar-refractivity contribution >= 4 is 37.5 Å². The minimum Gasteiger partial charge on any atom is -0.360 e. The molecular formula is C20H24BrN3O4S. The van der Waals surface area contributed by atoms with Gasteiger partial charge in [-0.1, -0.05) is 21.1 Å². The Hall–Kier alpha value is -1.71. The fourth-order valence-electron chi connectivity index (χ4n) is 4.33. The molecule has 0 saturated carbocycles. The SMILES string of the molecule is Cc1noc(C)c1S(=O)(=O)N1CCC(C(=O)N2CCCc3cc(Br)ccc32)CC1. The minimum atomic E-state index is -3.66. The summed E-state index contributed by atoms with van der Waals surface area (Å²) < 4.78 is 33.5. The number of amides is 1. The molecule has 0 atom stereocenters. The number of piperidine rings is 1. The molecule has 1 aromatic heterocycles. The number of anilines is 1. The molecule has 0 N–H and O–H groups in total. The lowest BCUT2D eigenvalue weighted by Gasteiger charge is -2.36. The summed E-state index contributed by atoms with van der Waals surface area (Å²) in [6.45, 7) is 4.60. The Morgan fingerprint density at radius 1 is 1.21 bits per heavy atom. The van der Waals surface area contributed by atoms with Gasteiger partial charge in [-0.2, -0.15) is 4.31 Å². The number of nitrogens with zero attached hydrogens (tertiary/aromatic N) is 3. The van der Waals surface area contributed by atoms with Crippen LogP contribution < -0.4 is 4.90 Å². The molecule has 3 heterocycles. The first-order valence-corrected chi connectivity index (χ1v) is 12.0. The first-order chi connectivity index (χ1) is 13.8. The van der Waals surface area contributed by atoms with Gasteiger partial charge in [0.05, 0.1) is 0 Å². The van der Waals surface area contributed by atoms with Gasteiger partial charge in [0, 0.05) is 35.7 Å². The highest BCUT2D eigenvalue weighted by Crippen LogP contribution is 2.33.